The third-order valence-corrected chi connectivity index (χ3v) is 5.72. The summed E-state index contributed by atoms with van der Waals surface area (Å²) in [5.74, 6) is 0.584. The van der Waals surface area contributed by atoms with Crippen molar-refractivity contribution in [1.29, 1.82) is 0 Å². The summed E-state index contributed by atoms with van der Waals surface area (Å²) in [5.41, 5.74) is 1.09. The van der Waals surface area contributed by atoms with Gasteiger partial charge >= 0.3 is 0 Å². The largest absolute Gasteiger partial charge is 0.381 e. The number of hydrogen-bond acceptors (Lipinski definition) is 4. The first kappa shape index (κ1) is 16.4. The minimum atomic E-state index is -3.35. The number of benzene rings is 1. The van der Waals surface area contributed by atoms with E-state index in [-0.39, 0.29) is 6.04 Å². The Hall–Kier alpha value is -0.950. The maximum Gasteiger partial charge on any atom is 0.242 e. The highest BCUT2D eigenvalue weighted by molar-refractivity contribution is 7.89. The van der Waals surface area contributed by atoms with E-state index < -0.39 is 10.0 Å². The molecule has 0 bridgehead atoms. The maximum atomic E-state index is 12.0. The van der Waals surface area contributed by atoms with Crippen molar-refractivity contribution in [2.75, 3.05) is 33.9 Å². The third-order valence-electron chi connectivity index (χ3n) is 3.90. The molecule has 21 heavy (non-hydrogen) atoms. The van der Waals surface area contributed by atoms with Gasteiger partial charge in [-0.25, -0.2) is 12.7 Å². The minimum absolute atomic E-state index is 0.196. The molecule has 5 nitrogen and oxygen atoms in total. The molecule has 1 aromatic carbocycles. The summed E-state index contributed by atoms with van der Waals surface area (Å²) < 4.78 is 30.6. The van der Waals surface area contributed by atoms with E-state index in [0.29, 0.717) is 10.8 Å². The van der Waals surface area contributed by atoms with E-state index in [1.54, 1.807) is 12.1 Å². The van der Waals surface area contributed by atoms with Crippen LogP contribution in [0.25, 0.3) is 0 Å². The molecule has 0 spiro atoms. The first-order valence-electron chi connectivity index (χ1n) is 7.25. The SMILES string of the molecule is CC(NCC1CCOC1)c1ccc(S(=O)(=O)N(C)C)cc1. The fourth-order valence-corrected chi connectivity index (χ4v) is 3.25. The summed E-state index contributed by atoms with van der Waals surface area (Å²) in [7, 11) is -0.271. The van der Waals surface area contributed by atoms with Crippen molar-refractivity contribution >= 4 is 10.0 Å². The van der Waals surface area contributed by atoms with E-state index in [2.05, 4.69) is 12.2 Å². The Morgan fingerprint density at radius 2 is 2.00 bits per heavy atom. The smallest absolute Gasteiger partial charge is 0.242 e. The topological polar surface area (TPSA) is 58.6 Å². The summed E-state index contributed by atoms with van der Waals surface area (Å²) in [6.07, 6.45) is 1.11. The van der Waals surface area contributed by atoms with Crippen molar-refractivity contribution in [2.24, 2.45) is 5.92 Å². The van der Waals surface area contributed by atoms with Crippen molar-refractivity contribution in [3.05, 3.63) is 29.8 Å². The fourth-order valence-electron chi connectivity index (χ4n) is 2.34. The monoisotopic (exact) mass is 312 g/mol. The Morgan fingerprint density at radius 1 is 1.33 bits per heavy atom. The molecule has 6 heteroatoms. The van der Waals surface area contributed by atoms with Crippen molar-refractivity contribution in [3.8, 4) is 0 Å². The molecule has 2 rings (SSSR count). The van der Waals surface area contributed by atoms with Crippen molar-refractivity contribution in [2.45, 2.75) is 24.3 Å². The molecule has 1 heterocycles. The Labute approximate surface area is 127 Å². The predicted molar refractivity (Wildman–Crippen MR) is 82.7 cm³/mol. The molecular weight excluding hydrogens is 288 g/mol. The quantitative estimate of drug-likeness (QED) is 0.867. The van der Waals surface area contributed by atoms with Crippen LogP contribution < -0.4 is 5.32 Å². The summed E-state index contributed by atoms with van der Waals surface area (Å²) in [5, 5.41) is 3.48. The van der Waals surface area contributed by atoms with Crippen LogP contribution in [0.4, 0.5) is 0 Å². The van der Waals surface area contributed by atoms with Gasteiger partial charge in [-0.1, -0.05) is 12.1 Å². The fraction of sp³-hybridized carbons (Fsp3) is 0.600. The second kappa shape index (κ2) is 6.87. The van der Waals surface area contributed by atoms with E-state index in [4.69, 9.17) is 4.74 Å². The molecule has 0 aliphatic carbocycles. The van der Waals surface area contributed by atoms with E-state index in [1.807, 2.05) is 12.1 Å². The Kier molecular flexibility index (Phi) is 5.37. The molecule has 2 atom stereocenters. The normalized spacial score (nSPS) is 20.9. The molecule has 0 amide bonds. The van der Waals surface area contributed by atoms with E-state index in [9.17, 15) is 8.42 Å². The Bertz CT molecular complexity index is 549. The lowest BCUT2D eigenvalue weighted by atomic mass is 10.1. The molecule has 0 aromatic heterocycles. The Morgan fingerprint density at radius 3 is 2.52 bits per heavy atom. The van der Waals surface area contributed by atoms with Gasteiger partial charge < -0.3 is 10.1 Å². The number of rotatable bonds is 6. The van der Waals surface area contributed by atoms with Crippen LogP contribution in [-0.4, -0.2) is 46.6 Å². The van der Waals surface area contributed by atoms with Crippen LogP contribution >= 0.6 is 0 Å². The number of sulfonamides is 1. The van der Waals surface area contributed by atoms with E-state index >= 15 is 0 Å². The van der Waals surface area contributed by atoms with Crippen LogP contribution in [0, 0.1) is 5.92 Å². The lowest BCUT2D eigenvalue weighted by Crippen LogP contribution is -2.26. The summed E-state index contributed by atoms with van der Waals surface area (Å²) >= 11 is 0. The highest BCUT2D eigenvalue weighted by Crippen LogP contribution is 2.19. The number of nitrogens with one attached hydrogen (secondary N) is 1. The van der Waals surface area contributed by atoms with Gasteiger partial charge in [0, 0.05) is 33.3 Å². The van der Waals surface area contributed by atoms with Crippen molar-refractivity contribution < 1.29 is 13.2 Å². The van der Waals surface area contributed by atoms with Crippen molar-refractivity contribution in [1.82, 2.24) is 9.62 Å². The molecule has 1 N–H and O–H groups in total. The van der Waals surface area contributed by atoms with Gasteiger partial charge in [0.1, 0.15) is 0 Å². The number of ether oxygens (including phenoxy) is 1. The zero-order chi connectivity index (χ0) is 15.5. The standard InChI is InChI=1S/C15H24N2O3S/c1-12(16-10-13-8-9-20-11-13)14-4-6-15(7-5-14)21(18,19)17(2)3/h4-7,12-13,16H,8-11H2,1-3H3. The van der Waals surface area contributed by atoms with Gasteiger partial charge in [-0.05, 0) is 37.0 Å². The second-order valence-electron chi connectivity index (χ2n) is 5.72. The Balaban J connectivity index is 1.97. The summed E-state index contributed by atoms with van der Waals surface area (Å²) in [6, 6.07) is 7.28. The van der Waals surface area contributed by atoms with Gasteiger partial charge in [-0.2, -0.15) is 0 Å². The molecule has 1 aliphatic heterocycles. The molecule has 2 unspecified atom stereocenters. The second-order valence-corrected chi connectivity index (χ2v) is 7.87. The van der Waals surface area contributed by atoms with Crippen LogP contribution in [0.1, 0.15) is 24.9 Å². The predicted octanol–water partition coefficient (Wildman–Crippen LogP) is 1.62. The van der Waals surface area contributed by atoms with Gasteiger partial charge in [0.25, 0.3) is 0 Å². The van der Waals surface area contributed by atoms with Crippen LogP contribution in [0.15, 0.2) is 29.2 Å². The zero-order valence-electron chi connectivity index (χ0n) is 12.9. The lowest BCUT2D eigenvalue weighted by Gasteiger charge is -2.17. The average molecular weight is 312 g/mol. The molecule has 1 aliphatic rings. The first-order valence-corrected chi connectivity index (χ1v) is 8.69. The molecule has 1 fully saturated rings. The van der Waals surface area contributed by atoms with Crippen molar-refractivity contribution in [3.63, 3.8) is 0 Å². The maximum absolute atomic E-state index is 12.0. The van der Waals surface area contributed by atoms with E-state index in [1.165, 1.54) is 18.4 Å². The van der Waals surface area contributed by atoms with Gasteiger partial charge in [0.05, 0.1) is 11.5 Å². The number of nitrogens with zero attached hydrogens (tertiary/aromatic N) is 1. The highest BCUT2D eigenvalue weighted by Gasteiger charge is 2.18. The summed E-state index contributed by atoms with van der Waals surface area (Å²) in [4.78, 5) is 0.327. The minimum Gasteiger partial charge on any atom is -0.381 e. The van der Waals surface area contributed by atoms with Gasteiger partial charge in [0.15, 0.2) is 0 Å². The van der Waals surface area contributed by atoms with Crippen LogP contribution in [0.5, 0.6) is 0 Å². The van der Waals surface area contributed by atoms with Gasteiger partial charge in [-0.3, -0.25) is 0 Å². The van der Waals surface area contributed by atoms with E-state index in [0.717, 1.165) is 31.7 Å². The summed E-state index contributed by atoms with van der Waals surface area (Å²) in [6.45, 7) is 4.71. The molecule has 118 valence electrons. The molecule has 0 radical (unpaired) electrons. The average Bonchev–Trinajstić information content (AvgIpc) is 2.98. The van der Waals surface area contributed by atoms with Gasteiger partial charge in [-0.15, -0.1) is 0 Å². The van der Waals surface area contributed by atoms with Crippen LogP contribution in [-0.2, 0) is 14.8 Å². The highest BCUT2D eigenvalue weighted by atomic mass is 32.2. The number of hydrogen-bond donors (Lipinski definition) is 1. The van der Waals surface area contributed by atoms with Crippen LogP contribution in [0.3, 0.4) is 0 Å². The van der Waals surface area contributed by atoms with Crippen LogP contribution in [0.2, 0.25) is 0 Å². The lowest BCUT2D eigenvalue weighted by molar-refractivity contribution is 0.184. The molecule has 0 saturated carbocycles. The first-order chi connectivity index (χ1) is 9.91. The molecular formula is C15H24N2O3S. The molecule has 1 saturated heterocycles. The van der Waals surface area contributed by atoms with Gasteiger partial charge in [0.2, 0.25) is 10.0 Å². The molecule has 1 aromatic rings. The zero-order valence-corrected chi connectivity index (χ0v) is 13.7. The third kappa shape index (κ3) is 4.03.